The van der Waals surface area contributed by atoms with E-state index in [4.69, 9.17) is 4.74 Å². The number of anilines is 1. The third kappa shape index (κ3) is 3.27. The Hall–Kier alpha value is -3.59. The summed E-state index contributed by atoms with van der Waals surface area (Å²) in [5.41, 5.74) is -0.570. The summed E-state index contributed by atoms with van der Waals surface area (Å²) in [5.74, 6) is -1.43. The lowest BCUT2D eigenvalue weighted by Crippen LogP contribution is -2.49. The molecule has 2 aromatic heterocycles. The predicted octanol–water partition coefficient (Wildman–Crippen LogP) is 2.72. The number of esters is 1. The van der Waals surface area contributed by atoms with Crippen LogP contribution in [-0.2, 0) is 15.1 Å². The molecule has 158 valence electrons. The predicted molar refractivity (Wildman–Crippen MR) is 107 cm³/mol. The van der Waals surface area contributed by atoms with E-state index < -0.39 is 28.9 Å². The molecule has 9 heteroatoms. The van der Waals surface area contributed by atoms with Crippen LogP contribution in [0.4, 0.5) is 10.1 Å². The third-order valence-corrected chi connectivity index (χ3v) is 6.00. The second-order valence-corrected chi connectivity index (χ2v) is 7.92. The maximum Gasteiger partial charge on any atom is 0.358 e. The van der Waals surface area contributed by atoms with Gasteiger partial charge in [-0.1, -0.05) is 12.1 Å². The molecule has 0 bridgehead atoms. The van der Waals surface area contributed by atoms with Crippen molar-refractivity contribution in [3.63, 3.8) is 0 Å². The maximum atomic E-state index is 13.4. The fraction of sp³-hybridized carbons (Fsp3) is 0.273. The van der Waals surface area contributed by atoms with Crippen LogP contribution in [0, 0.1) is 5.82 Å². The minimum atomic E-state index is -1.61. The van der Waals surface area contributed by atoms with Crippen molar-refractivity contribution in [3.8, 4) is 5.69 Å². The molecular weight excluding hydrogens is 403 g/mol. The van der Waals surface area contributed by atoms with Gasteiger partial charge in [-0.2, -0.15) is 5.10 Å². The van der Waals surface area contributed by atoms with Crippen LogP contribution in [0.1, 0.15) is 41.7 Å². The molecule has 0 radical (unpaired) electrons. The Kier molecular flexibility index (Phi) is 4.37. The summed E-state index contributed by atoms with van der Waals surface area (Å²) < 4.78 is 20.5. The van der Waals surface area contributed by atoms with Crippen molar-refractivity contribution in [3.05, 3.63) is 72.1 Å². The molecule has 0 atom stereocenters. The number of hydrogen-bond donors (Lipinski definition) is 2. The Morgan fingerprint density at radius 1 is 1.19 bits per heavy atom. The summed E-state index contributed by atoms with van der Waals surface area (Å²) in [6.07, 6.45) is 5.37. The molecule has 1 aromatic carbocycles. The van der Waals surface area contributed by atoms with E-state index in [-0.39, 0.29) is 12.8 Å². The van der Waals surface area contributed by atoms with Gasteiger partial charge in [0.25, 0.3) is 5.91 Å². The van der Waals surface area contributed by atoms with Crippen molar-refractivity contribution >= 4 is 17.6 Å². The number of nitrogens with one attached hydrogen (secondary N) is 1. The molecule has 1 amide bonds. The standard InChI is InChI=1S/C22H19FN4O4/c23-14-3-1-4-16(11-14)27-13-15(12-25-27)26-20(29)21(30)6-8-22(9-7-21)17-5-2-10-24-18(17)19(28)31-22/h1-5,10-13,30H,6-9H2,(H,26,29). The molecule has 8 nitrogen and oxygen atoms in total. The van der Waals surface area contributed by atoms with Crippen molar-refractivity contribution in [1.29, 1.82) is 0 Å². The van der Waals surface area contributed by atoms with Gasteiger partial charge in [0.1, 0.15) is 17.0 Å². The Labute approximate surface area is 176 Å². The fourth-order valence-electron chi connectivity index (χ4n) is 4.28. The van der Waals surface area contributed by atoms with E-state index in [9.17, 15) is 19.1 Å². The van der Waals surface area contributed by atoms with Crippen molar-refractivity contribution in [2.75, 3.05) is 5.32 Å². The first-order valence-corrected chi connectivity index (χ1v) is 9.92. The van der Waals surface area contributed by atoms with Crippen LogP contribution in [0.2, 0.25) is 0 Å². The Morgan fingerprint density at radius 2 is 2.00 bits per heavy atom. The van der Waals surface area contributed by atoms with Gasteiger partial charge in [0, 0.05) is 11.8 Å². The molecule has 0 unspecified atom stereocenters. The van der Waals surface area contributed by atoms with Gasteiger partial charge in [0.05, 0.1) is 23.8 Å². The molecule has 3 aromatic rings. The van der Waals surface area contributed by atoms with Crippen LogP contribution in [0.3, 0.4) is 0 Å². The van der Waals surface area contributed by atoms with Crippen LogP contribution >= 0.6 is 0 Å². The quantitative estimate of drug-likeness (QED) is 0.629. The molecule has 1 spiro atoms. The average molecular weight is 422 g/mol. The number of pyridine rings is 1. The fourth-order valence-corrected chi connectivity index (χ4v) is 4.28. The maximum absolute atomic E-state index is 13.4. The number of benzene rings is 1. The summed E-state index contributed by atoms with van der Waals surface area (Å²) in [5, 5.41) is 17.8. The molecule has 2 N–H and O–H groups in total. The van der Waals surface area contributed by atoms with Crippen LogP contribution in [-0.4, -0.2) is 37.3 Å². The van der Waals surface area contributed by atoms with Crippen molar-refractivity contribution in [2.45, 2.75) is 36.9 Å². The zero-order chi connectivity index (χ0) is 21.6. The SMILES string of the molecule is O=C1OC2(CCC(O)(C(=O)Nc3cnn(-c4cccc(F)c4)c3)CC2)c2cccnc21. The number of nitrogens with zero attached hydrogens (tertiary/aromatic N) is 3. The van der Waals surface area contributed by atoms with Gasteiger partial charge in [-0.05, 0) is 49.9 Å². The zero-order valence-electron chi connectivity index (χ0n) is 16.4. The van der Waals surface area contributed by atoms with Gasteiger partial charge in [0.2, 0.25) is 0 Å². The Morgan fingerprint density at radius 3 is 2.77 bits per heavy atom. The first-order valence-electron chi connectivity index (χ1n) is 9.92. The zero-order valence-corrected chi connectivity index (χ0v) is 16.4. The number of amides is 1. The number of hydrogen-bond acceptors (Lipinski definition) is 6. The number of aliphatic hydroxyl groups is 1. The number of fused-ring (bicyclic) bond motifs is 2. The summed E-state index contributed by atoms with van der Waals surface area (Å²) >= 11 is 0. The van der Waals surface area contributed by atoms with Crippen LogP contribution in [0.25, 0.3) is 5.69 Å². The molecule has 2 aliphatic rings. The summed E-state index contributed by atoms with van der Waals surface area (Å²) in [6, 6.07) is 9.45. The van der Waals surface area contributed by atoms with Crippen molar-refractivity contribution in [2.24, 2.45) is 0 Å². The highest BCUT2D eigenvalue weighted by Crippen LogP contribution is 2.48. The van der Waals surface area contributed by atoms with E-state index in [2.05, 4.69) is 15.4 Å². The van der Waals surface area contributed by atoms with Crippen LogP contribution < -0.4 is 5.32 Å². The highest BCUT2D eigenvalue weighted by molar-refractivity contribution is 5.97. The minimum absolute atomic E-state index is 0.123. The normalized spacial score (nSPS) is 24.6. The average Bonchev–Trinajstić information content (AvgIpc) is 3.34. The summed E-state index contributed by atoms with van der Waals surface area (Å²) in [7, 11) is 0. The molecule has 1 fully saturated rings. The summed E-state index contributed by atoms with van der Waals surface area (Å²) in [4.78, 5) is 29.1. The molecule has 1 aliphatic heterocycles. The number of aromatic nitrogens is 3. The number of rotatable bonds is 3. The smallest absolute Gasteiger partial charge is 0.358 e. The lowest BCUT2D eigenvalue weighted by atomic mass is 9.73. The molecule has 1 aliphatic carbocycles. The van der Waals surface area contributed by atoms with Gasteiger partial charge in [-0.25, -0.2) is 18.9 Å². The van der Waals surface area contributed by atoms with Crippen LogP contribution in [0.5, 0.6) is 0 Å². The molecular formula is C22H19FN4O4. The van der Waals surface area contributed by atoms with E-state index in [1.807, 2.05) is 0 Å². The van der Waals surface area contributed by atoms with Crippen molar-refractivity contribution < 1.29 is 23.8 Å². The molecule has 0 saturated heterocycles. The number of carbonyl (C=O) groups excluding carboxylic acids is 2. The van der Waals surface area contributed by atoms with E-state index in [1.54, 1.807) is 30.5 Å². The van der Waals surface area contributed by atoms with Gasteiger partial charge in [0.15, 0.2) is 5.69 Å². The molecule has 1 saturated carbocycles. The van der Waals surface area contributed by atoms with Crippen LogP contribution in [0.15, 0.2) is 55.0 Å². The molecule has 31 heavy (non-hydrogen) atoms. The number of carbonyl (C=O) groups is 2. The molecule has 5 rings (SSSR count). The van der Waals surface area contributed by atoms with E-state index in [0.717, 1.165) is 0 Å². The lowest BCUT2D eigenvalue weighted by Gasteiger charge is -2.40. The first kappa shape index (κ1) is 19.4. The number of halogens is 1. The minimum Gasteiger partial charge on any atom is -0.449 e. The van der Waals surface area contributed by atoms with Gasteiger partial charge in [-0.3, -0.25) is 4.79 Å². The van der Waals surface area contributed by atoms with Gasteiger partial charge in [-0.15, -0.1) is 0 Å². The second-order valence-electron chi connectivity index (χ2n) is 7.92. The van der Waals surface area contributed by atoms with Crippen molar-refractivity contribution in [1.82, 2.24) is 14.8 Å². The van der Waals surface area contributed by atoms with E-state index in [1.165, 1.54) is 29.2 Å². The summed E-state index contributed by atoms with van der Waals surface area (Å²) in [6.45, 7) is 0. The highest BCUT2D eigenvalue weighted by Gasteiger charge is 2.53. The lowest BCUT2D eigenvalue weighted by molar-refractivity contribution is -0.144. The first-order chi connectivity index (χ1) is 14.9. The third-order valence-electron chi connectivity index (χ3n) is 6.00. The second kappa shape index (κ2) is 6.98. The van der Waals surface area contributed by atoms with Gasteiger partial charge < -0.3 is 15.2 Å². The monoisotopic (exact) mass is 422 g/mol. The Balaban J connectivity index is 1.29. The molecule has 3 heterocycles. The Bertz CT molecular complexity index is 1180. The largest absolute Gasteiger partial charge is 0.449 e. The van der Waals surface area contributed by atoms with E-state index in [0.29, 0.717) is 35.5 Å². The van der Waals surface area contributed by atoms with E-state index >= 15 is 0 Å². The topological polar surface area (TPSA) is 106 Å². The van der Waals surface area contributed by atoms with Gasteiger partial charge >= 0.3 is 5.97 Å². The highest BCUT2D eigenvalue weighted by atomic mass is 19.1. The number of ether oxygens (including phenoxy) is 1.